The van der Waals surface area contributed by atoms with Crippen molar-refractivity contribution in [2.24, 2.45) is 0 Å². The largest absolute Gasteiger partial charge is 0.362 e. The van der Waals surface area contributed by atoms with Crippen LogP contribution in [-0.2, 0) is 4.74 Å². The topological polar surface area (TPSA) is 68.5 Å². The van der Waals surface area contributed by atoms with E-state index in [9.17, 15) is 4.79 Å². The Balaban J connectivity index is 1.38. The van der Waals surface area contributed by atoms with Gasteiger partial charge in [0.05, 0.1) is 10.5 Å². The highest BCUT2D eigenvalue weighted by atomic mass is 32.1. The van der Waals surface area contributed by atoms with E-state index in [2.05, 4.69) is 10.1 Å². The summed E-state index contributed by atoms with van der Waals surface area (Å²) in [6, 6.07) is 3.92. The molecular weight excluding hydrogens is 326 g/mol. The number of hydrogen-bond acceptors (Lipinski definition) is 6. The first kappa shape index (κ1) is 15.8. The molecule has 2 aliphatic rings. The second-order valence-electron chi connectivity index (χ2n) is 6.71. The molecule has 0 bridgehead atoms. The predicted molar refractivity (Wildman–Crippen MR) is 89.0 cm³/mol. The van der Waals surface area contributed by atoms with E-state index in [1.807, 2.05) is 30.9 Å². The van der Waals surface area contributed by atoms with Crippen molar-refractivity contribution in [1.82, 2.24) is 15.0 Å². The third-order valence-corrected chi connectivity index (χ3v) is 5.97. The van der Waals surface area contributed by atoms with Crippen LogP contribution >= 0.6 is 11.3 Å². The molecule has 128 valence electrons. The summed E-state index contributed by atoms with van der Waals surface area (Å²) in [6.45, 7) is 5.32. The molecule has 1 spiro atoms. The minimum atomic E-state index is -0.144. The maximum absolute atomic E-state index is 12.6. The number of thiophene rings is 1. The standard InChI is InChI=1S/C17H21N3O3S/c1-11-3-4-14(24-11)16(21)20-9-7-17(8-10-20)6-5-13(22-17)15-18-12(2)19-23-15/h3-4,13H,5-10H2,1-2H3/t13-/m1/s1. The van der Waals surface area contributed by atoms with Gasteiger partial charge in [0.25, 0.3) is 11.8 Å². The summed E-state index contributed by atoms with van der Waals surface area (Å²) in [5.74, 6) is 1.36. The van der Waals surface area contributed by atoms with Crippen LogP contribution in [0.15, 0.2) is 16.7 Å². The zero-order valence-corrected chi connectivity index (χ0v) is 14.8. The van der Waals surface area contributed by atoms with Gasteiger partial charge in [0.15, 0.2) is 5.82 Å². The first-order chi connectivity index (χ1) is 11.5. The second-order valence-corrected chi connectivity index (χ2v) is 8.00. The Morgan fingerprint density at radius 3 is 2.71 bits per heavy atom. The molecule has 4 heterocycles. The van der Waals surface area contributed by atoms with Crippen LogP contribution in [0.5, 0.6) is 0 Å². The van der Waals surface area contributed by atoms with E-state index >= 15 is 0 Å². The molecule has 4 rings (SSSR count). The van der Waals surface area contributed by atoms with E-state index in [0.717, 1.165) is 43.6 Å². The fourth-order valence-electron chi connectivity index (χ4n) is 3.62. The second kappa shape index (κ2) is 5.97. The predicted octanol–water partition coefficient (Wildman–Crippen LogP) is 3.27. The SMILES string of the molecule is Cc1noc([C@H]2CCC3(CCN(C(=O)c4ccc(C)s4)CC3)O2)n1. The minimum Gasteiger partial charge on any atom is -0.362 e. The lowest BCUT2D eigenvalue weighted by Crippen LogP contribution is -2.46. The van der Waals surface area contributed by atoms with Gasteiger partial charge in [-0.05, 0) is 51.7 Å². The highest BCUT2D eigenvalue weighted by Crippen LogP contribution is 2.44. The molecule has 2 aliphatic heterocycles. The molecular formula is C17H21N3O3S. The van der Waals surface area contributed by atoms with Gasteiger partial charge in [-0.2, -0.15) is 4.98 Å². The van der Waals surface area contributed by atoms with Crippen molar-refractivity contribution in [3.05, 3.63) is 33.6 Å². The van der Waals surface area contributed by atoms with Gasteiger partial charge in [-0.25, -0.2) is 0 Å². The molecule has 7 heteroatoms. The maximum Gasteiger partial charge on any atom is 0.263 e. The summed E-state index contributed by atoms with van der Waals surface area (Å²) < 4.78 is 11.5. The van der Waals surface area contributed by atoms with E-state index in [4.69, 9.17) is 9.26 Å². The van der Waals surface area contributed by atoms with Crippen molar-refractivity contribution < 1.29 is 14.1 Å². The monoisotopic (exact) mass is 347 g/mol. The molecule has 24 heavy (non-hydrogen) atoms. The molecule has 1 amide bonds. The highest BCUT2D eigenvalue weighted by molar-refractivity contribution is 7.13. The Hall–Kier alpha value is -1.73. The van der Waals surface area contributed by atoms with Crippen molar-refractivity contribution in [3.63, 3.8) is 0 Å². The molecule has 6 nitrogen and oxygen atoms in total. The van der Waals surface area contributed by atoms with Crippen molar-refractivity contribution in [1.29, 1.82) is 0 Å². The molecule has 2 aromatic rings. The van der Waals surface area contributed by atoms with Gasteiger partial charge in [-0.1, -0.05) is 5.16 Å². The summed E-state index contributed by atoms with van der Waals surface area (Å²) in [4.78, 5) is 20.8. The number of aromatic nitrogens is 2. The number of nitrogens with zero attached hydrogens (tertiary/aromatic N) is 3. The van der Waals surface area contributed by atoms with Crippen LogP contribution in [0.2, 0.25) is 0 Å². The normalized spacial score (nSPS) is 23.1. The van der Waals surface area contributed by atoms with E-state index in [1.54, 1.807) is 11.3 Å². The molecule has 0 aliphatic carbocycles. The van der Waals surface area contributed by atoms with Crippen molar-refractivity contribution in [2.75, 3.05) is 13.1 Å². The van der Waals surface area contributed by atoms with Gasteiger partial charge in [-0.3, -0.25) is 4.79 Å². The van der Waals surface area contributed by atoms with Gasteiger partial charge in [0.2, 0.25) is 0 Å². The summed E-state index contributed by atoms with van der Waals surface area (Å²) >= 11 is 1.56. The van der Waals surface area contributed by atoms with Crippen LogP contribution in [0.1, 0.15) is 58.1 Å². The van der Waals surface area contributed by atoms with Crippen LogP contribution < -0.4 is 0 Å². The summed E-state index contributed by atoms with van der Waals surface area (Å²) in [7, 11) is 0. The average Bonchev–Trinajstić information content (AvgIpc) is 3.28. The number of likely N-dealkylation sites (tertiary alicyclic amines) is 1. The van der Waals surface area contributed by atoms with Gasteiger partial charge < -0.3 is 14.2 Å². The first-order valence-electron chi connectivity index (χ1n) is 8.38. The van der Waals surface area contributed by atoms with E-state index < -0.39 is 0 Å². The number of amides is 1. The average molecular weight is 347 g/mol. The molecule has 2 aromatic heterocycles. The lowest BCUT2D eigenvalue weighted by Gasteiger charge is -2.38. The number of aryl methyl sites for hydroxylation is 2. The lowest BCUT2D eigenvalue weighted by atomic mass is 9.88. The van der Waals surface area contributed by atoms with Crippen molar-refractivity contribution >= 4 is 17.2 Å². The van der Waals surface area contributed by atoms with Gasteiger partial charge >= 0.3 is 0 Å². The maximum atomic E-state index is 12.6. The fraction of sp³-hybridized carbons (Fsp3) is 0.588. The van der Waals surface area contributed by atoms with Gasteiger partial charge in [0.1, 0.15) is 6.10 Å². The zero-order chi connectivity index (χ0) is 16.7. The van der Waals surface area contributed by atoms with Crippen LogP contribution in [0, 0.1) is 13.8 Å². The lowest BCUT2D eigenvalue weighted by molar-refractivity contribution is -0.0820. The number of carbonyl (C=O) groups excluding carboxylic acids is 1. The Morgan fingerprint density at radius 2 is 2.08 bits per heavy atom. The Kier molecular flexibility index (Phi) is 3.92. The molecule has 0 aromatic carbocycles. The Morgan fingerprint density at radius 1 is 1.29 bits per heavy atom. The van der Waals surface area contributed by atoms with Crippen molar-refractivity contribution in [2.45, 2.75) is 51.2 Å². The number of carbonyl (C=O) groups is 1. The number of ether oxygens (including phenoxy) is 1. The molecule has 2 fully saturated rings. The zero-order valence-electron chi connectivity index (χ0n) is 13.9. The van der Waals surface area contributed by atoms with Crippen LogP contribution in [0.25, 0.3) is 0 Å². The highest BCUT2D eigenvalue weighted by Gasteiger charge is 2.45. The minimum absolute atomic E-state index is 0.103. The first-order valence-corrected chi connectivity index (χ1v) is 9.20. The number of hydrogen-bond donors (Lipinski definition) is 0. The molecule has 2 saturated heterocycles. The van der Waals surface area contributed by atoms with Gasteiger partial charge in [-0.15, -0.1) is 11.3 Å². The van der Waals surface area contributed by atoms with E-state index in [0.29, 0.717) is 11.7 Å². The summed E-state index contributed by atoms with van der Waals surface area (Å²) in [5.41, 5.74) is -0.144. The summed E-state index contributed by atoms with van der Waals surface area (Å²) in [5, 5.41) is 3.85. The van der Waals surface area contributed by atoms with Gasteiger partial charge in [0, 0.05) is 18.0 Å². The third-order valence-electron chi connectivity index (χ3n) is 4.99. The molecule has 0 saturated carbocycles. The van der Waals surface area contributed by atoms with Crippen LogP contribution in [0.3, 0.4) is 0 Å². The Labute approximate surface area is 144 Å². The molecule has 0 unspecified atom stereocenters. The quantitative estimate of drug-likeness (QED) is 0.834. The molecule has 0 radical (unpaired) electrons. The van der Waals surface area contributed by atoms with Crippen LogP contribution in [-0.4, -0.2) is 39.6 Å². The van der Waals surface area contributed by atoms with Crippen molar-refractivity contribution in [3.8, 4) is 0 Å². The number of rotatable bonds is 2. The molecule has 0 N–H and O–H groups in total. The Bertz CT molecular complexity index is 746. The molecule has 1 atom stereocenters. The van der Waals surface area contributed by atoms with E-state index in [-0.39, 0.29) is 17.6 Å². The summed E-state index contributed by atoms with van der Waals surface area (Å²) in [6.07, 6.45) is 3.52. The smallest absolute Gasteiger partial charge is 0.263 e. The fourth-order valence-corrected chi connectivity index (χ4v) is 4.46. The van der Waals surface area contributed by atoms with Crippen LogP contribution in [0.4, 0.5) is 0 Å². The van der Waals surface area contributed by atoms with E-state index in [1.165, 1.54) is 4.88 Å². The third kappa shape index (κ3) is 2.86. The number of piperidine rings is 1.